The second-order valence-electron chi connectivity index (χ2n) is 8.81. The molecule has 6 heteroatoms. The fraction of sp³-hybridized carbons (Fsp3) is 0.250. The van der Waals surface area contributed by atoms with Crippen LogP contribution in [0.2, 0.25) is 0 Å². The van der Waals surface area contributed by atoms with Gasteiger partial charge in [-0.1, -0.05) is 60.7 Å². The number of hydrogen-bond acceptors (Lipinski definition) is 4. The number of amides is 1. The highest BCUT2D eigenvalue weighted by molar-refractivity contribution is 5.79. The maximum Gasteiger partial charge on any atom is 0.261 e. The Labute approximate surface area is 198 Å². The molecule has 34 heavy (non-hydrogen) atoms. The Morgan fingerprint density at radius 1 is 0.912 bits per heavy atom. The van der Waals surface area contributed by atoms with E-state index in [1.165, 1.54) is 42.4 Å². The largest absolute Gasteiger partial charge is 0.350 e. The summed E-state index contributed by atoms with van der Waals surface area (Å²) in [5.74, 6) is -0.227. The van der Waals surface area contributed by atoms with Gasteiger partial charge >= 0.3 is 0 Å². The number of para-hydroxylation sites is 1. The lowest BCUT2D eigenvalue weighted by Gasteiger charge is -2.15. The van der Waals surface area contributed by atoms with Crippen LogP contribution in [0, 0.1) is 0 Å². The first-order valence-electron chi connectivity index (χ1n) is 11.8. The van der Waals surface area contributed by atoms with E-state index in [1.807, 2.05) is 24.3 Å². The molecule has 1 aromatic heterocycles. The third-order valence-electron chi connectivity index (χ3n) is 6.41. The Balaban J connectivity index is 1.25. The second-order valence-corrected chi connectivity index (χ2v) is 8.81. The van der Waals surface area contributed by atoms with Gasteiger partial charge in [-0.15, -0.1) is 0 Å². The van der Waals surface area contributed by atoms with E-state index in [0.29, 0.717) is 17.4 Å². The molecule has 1 aliphatic rings. The van der Waals surface area contributed by atoms with Crippen LogP contribution >= 0.6 is 0 Å². The molecule has 0 unspecified atom stereocenters. The zero-order valence-corrected chi connectivity index (χ0v) is 19.1. The minimum Gasteiger partial charge on any atom is -0.350 e. The van der Waals surface area contributed by atoms with E-state index in [9.17, 15) is 9.59 Å². The van der Waals surface area contributed by atoms with Gasteiger partial charge in [0.05, 0.1) is 17.2 Å². The van der Waals surface area contributed by atoms with Gasteiger partial charge in [0.1, 0.15) is 6.54 Å². The molecule has 0 spiro atoms. The maximum atomic E-state index is 12.7. The van der Waals surface area contributed by atoms with Gasteiger partial charge in [-0.3, -0.25) is 19.1 Å². The third-order valence-corrected chi connectivity index (χ3v) is 6.41. The molecule has 0 aliphatic carbocycles. The van der Waals surface area contributed by atoms with Crippen molar-refractivity contribution in [3.8, 4) is 11.1 Å². The standard InChI is InChI=1S/C28H28N4O2/c33-27(19-32-20-30-26-10-4-3-9-25(26)28(32)34)29-17-23-7-1-2-8-24(23)22-13-11-21(12-14-22)18-31-15-5-6-16-31/h1-4,7-14,20H,5-6,15-19H2,(H,29,33). The number of fused-ring (bicyclic) bond motifs is 1. The predicted molar refractivity (Wildman–Crippen MR) is 134 cm³/mol. The fourth-order valence-corrected chi connectivity index (χ4v) is 4.57. The van der Waals surface area contributed by atoms with Crippen LogP contribution in [0.25, 0.3) is 22.0 Å². The van der Waals surface area contributed by atoms with E-state index in [1.54, 1.807) is 18.2 Å². The Kier molecular flexibility index (Phi) is 6.49. The molecule has 0 saturated carbocycles. The number of carbonyl (C=O) groups is 1. The van der Waals surface area contributed by atoms with Crippen molar-refractivity contribution in [3.63, 3.8) is 0 Å². The molecule has 0 atom stereocenters. The van der Waals surface area contributed by atoms with Crippen molar-refractivity contribution < 1.29 is 4.79 Å². The summed E-state index contributed by atoms with van der Waals surface area (Å²) in [7, 11) is 0. The average molecular weight is 453 g/mol. The van der Waals surface area contributed by atoms with Gasteiger partial charge in [0, 0.05) is 13.1 Å². The van der Waals surface area contributed by atoms with Crippen molar-refractivity contribution in [2.75, 3.05) is 13.1 Å². The SMILES string of the molecule is O=C(Cn1cnc2ccccc2c1=O)NCc1ccccc1-c1ccc(CN2CCCC2)cc1. The van der Waals surface area contributed by atoms with E-state index in [4.69, 9.17) is 0 Å². The quantitative estimate of drug-likeness (QED) is 0.461. The number of benzene rings is 3. The predicted octanol–water partition coefficient (Wildman–Crippen LogP) is 3.98. The smallest absolute Gasteiger partial charge is 0.261 e. The molecular formula is C28H28N4O2. The van der Waals surface area contributed by atoms with Crippen molar-refractivity contribution in [2.24, 2.45) is 0 Å². The van der Waals surface area contributed by atoms with Gasteiger partial charge in [0.15, 0.2) is 0 Å². The number of nitrogens with one attached hydrogen (secondary N) is 1. The number of hydrogen-bond donors (Lipinski definition) is 1. The fourth-order valence-electron chi connectivity index (χ4n) is 4.57. The summed E-state index contributed by atoms with van der Waals surface area (Å²) in [5.41, 5.74) is 5.00. The summed E-state index contributed by atoms with van der Waals surface area (Å²) in [6.45, 7) is 3.70. The van der Waals surface area contributed by atoms with Crippen LogP contribution < -0.4 is 10.9 Å². The molecule has 4 aromatic rings. The van der Waals surface area contributed by atoms with Gasteiger partial charge < -0.3 is 5.32 Å². The van der Waals surface area contributed by atoms with Gasteiger partial charge in [-0.2, -0.15) is 0 Å². The first-order chi connectivity index (χ1) is 16.7. The van der Waals surface area contributed by atoms with Crippen molar-refractivity contribution in [1.82, 2.24) is 19.8 Å². The van der Waals surface area contributed by atoms with Crippen molar-refractivity contribution in [1.29, 1.82) is 0 Å². The van der Waals surface area contributed by atoms with Crippen LogP contribution in [-0.4, -0.2) is 33.4 Å². The lowest BCUT2D eigenvalue weighted by atomic mass is 9.98. The number of aromatic nitrogens is 2. The van der Waals surface area contributed by atoms with Gasteiger partial charge in [-0.05, 0) is 60.3 Å². The summed E-state index contributed by atoms with van der Waals surface area (Å²) < 4.78 is 1.35. The molecule has 6 nitrogen and oxygen atoms in total. The molecule has 5 rings (SSSR count). The number of carbonyl (C=O) groups excluding carboxylic acids is 1. The maximum absolute atomic E-state index is 12.7. The van der Waals surface area contributed by atoms with Gasteiger partial charge in [-0.25, -0.2) is 4.98 Å². The van der Waals surface area contributed by atoms with E-state index < -0.39 is 0 Å². The Bertz CT molecular complexity index is 1350. The molecule has 1 aliphatic heterocycles. The summed E-state index contributed by atoms with van der Waals surface area (Å²) in [6.07, 6.45) is 4.02. The highest BCUT2D eigenvalue weighted by atomic mass is 16.2. The van der Waals surface area contributed by atoms with Crippen LogP contribution in [0.15, 0.2) is 83.9 Å². The number of nitrogens with zero attached hydrogens (tertiary/aromatic N) is 3. The second kappa shape index (κ2) is 10.0. The molecular weight excluding hydrogens is 424 g/mol. The Morgan fingerprint density at radius 2 is 1.65 bits per heavy atom. The van der Waals surface area contributed by atoms with Gasteiger partial charge in [0.2, 0.25) is 5.91 Å². The van der Waals surface area contributed by atoms with Crippen LogP contribution in [0.5, 0.6) is 0 Å². The Morgan fingerprint density at radius 3 is 2.47 bits per heavy atom. The molecule has 2 heterocycles. The minimum absolute atomic E-state index is 0.0654. The highest BCUT2D eigenvalue weighted by Crippen LogP contribution is 2.25. The van der Waals surface area contributed by atoms with Gasteiger partial charge in [0.25, 0.3) is 5.56 Å². The molecule has 0 radical (unpaired) electrons. The molecule has 172 valence electrons. The minimum atomic E-state index is -0.227. The van der Waals surface area contributed by atoms with E-state index in [0.717, 1.165) is 23.2 Å². The van der Waals surface area contributed by atoms with E-state index in [2.05, 4.69) is 45.5 Å². The molecule has 0 bridgehead atoms. The molecule has 1 amide bonds. The molecule has 1 N–H and O–H groups in total. The van der Waals surface area contributed by atoms with Crippen molar-refractivity contribution >= 4 is 16.8 Å². The first kappa shape index (κ1) is 22.0. The first-order valence-corrected chi connectivity index (χ1v) is 11.8. The zero-order chi connectivity index (χ0) is 23.3. The lowest BCUT2D eigenvalue weighted by Crippen LogP contribution is -2.32. The summed E-state index contributed by atoms with van der Waals surface area (Å²) in [5, 5.41) is 3.47. The monoisotopic (exact) mass is 452 g/mol. The highest BCUT2D eigenvalue weighted by Gasteiger charge is 2.13. The summed E-state index contributed by atoms with van der Waals surface area (Å²) in [4.78, 5) is 32.1. The Hall–Kier alpha value is -3.77. The average Bonchev–Trinajstić information content (AvgIpc) is 3.38. The number of rotatable bonds is 7. The van der Waals surface area contributed by atoms with Crippen LogP contribution in [0.1, 0.15) is 24.0 Å². The third kappa shape index (κ3) is 4.92. The zero-order valence-electron chi connectivity index (χ0n) is 19.1. The van der Waals surface area contributed by atoms with Crippen LogP contribution in [0.4, 0.5) is 0 Å². The van der Waals surface area contributed by atoms with Crippen LogP contribution in [-0.2, 0) is 24.4 Å². The van der Waals surface area contributed by atoms with Crippen molar-refractivity contribution in [2.45, 2.75) is 32.5 Å². The molecule has 3 aromatic carbocycles. The number of likely N-dealkylation sites (tertiary alicyclic amines) is 1. The van der Waals surface area contributed by atoms with E-state index in [-0.39, 0.29) is 18.0 Å². The molecule has 1 saturated heterocycles. The summed E-state index contributed by atoms with van der Waals surface area (Å²) in [6, 6.07) is 24.0. The van der Waals surface area contributed by atoms with Crippen molar-refractivity contribution in [3.05, 3.63) is 101 Å². The topological polar surface area (TPSA) is 67.2 Å². The lowest BCUT2D eigenvalue weighted by molar-refractivity contribution is -0.121. The molecule has 1 fully saturated rings. The summed E-state index contributed by atoms with van der Waals surface area (Å²) >= 11 is 0. The van der Waals surface area contributed by atoms with E-state index >= 15 is 0 Å². The normalized spacial score (nSPS) is 13.9. The van der Waals surface area contributed by atoms with Crippen LogP contribution in [0.3, 0.4) is 0 Å².